The normalized spacial score (nSPS) is 10.6. The quantitative estimate of drug-likeness (QED) is 0.178. The molecule has 8 heteroatoms. The van der Waals surface area contributed by atoms with Crippen LogP contribution in [0.5, 0.6) is 5.75 Å². The predicted octanol–water partition coefficient (Wildman–Crippen LogP) is 4.92. The number of hydrogen-bond acceptors (Lipinski definition) is 5. The molecule has 0 saturated heterocycles. The minimum absolute atomic E-state index is 0.257. The smallest absolute Gasteiger partial charge is 0.341 e. The molecule has 1 heterocycles. The number of ether oxygens (including phenoxy) is 1. The summed E-state index contributed by atoms with van der Waals surface area (Å²) >= 11 is 3.58. The number of nitrogens with zero attached hydrogens (tertiary/aromatic N) is 1. The molecule has 35 heavy (non-hydrogen) atoms. The van der Waals surface area contributed by atoms with Gasteiger partial charge in [-0.25, -0.2) is 4.79 Å². The topological polar surface area (TPSA) is 112 Å². The van der Waals surface area contributed by atoms with Gasteiger partial charge < -0.3 is 20.1 Å². The lowest BCUT2D eigenvalue weighted by Crippen LogP contribution is -2.10. The second kappa shape index (κ2) is 11.8. The molecule has 182 valence electrons. The van der Waals surface area contributed by atoms with Crippen molar-refractivity contribution >= 4 is 55.6 Å². The number of hydrogen-bond donors (Lipinski definition) is 2. The number of nitrogens with two attached hydrogens (primary N) is 1. The van der Waals surface area contributed by atoms with Gasteiger partial charge in [0.05, 0.1) is 16.5 Å². The van der Waals surface area contributed by atoms with Crippen molar-refractivity contribution in [1.82, 2.24) is 4.57 Å². The second-order valence-corrected chi connectivity index (χ2v) is 8.65. The summed E-state index contributed by atoms with van der Waals surface area (Å²) in [5.41, 5.74) is 7.34. The molecule has 4 rings (SSSR count). The Balaban J connectivity index is 0.00000167. The van der Waals surface area contributed by atoms with E-state index in [-0.39, 0.29) is 5.56 Å². The molecule has 0 fully saturated rings. The summed E-state index contributed by atoms with van der Waals surface area (Å²) in [7, 11) is 1.50. The Kier molecular flexibility index (Phi) is 8.78. The van der Waals surface area contributed by atoms with Gasteiger partial charge in [-0.3, -0.25) is 9.59 Å². The maximum Gasteiger partial charge on any atom is 0.341 e. The molecule has 4 aromatic rings. The van der Waals surface area contributed by atoms with Crippen LogP contribution < -0.4 is 10.5 Å². The van der Waals surface area contributed by atoms with Crippen LogP contribution in [0.4, 0.5) is 0 Å². The third kappa shape index (κ3) is 5.44. The molecule has 3 aromatic carbocycles. The molecule has 0 atom stereocenters. The van der Waals surface area contributed by atoms with E-state index in [1.165, 1.54) is 12.6 Å². The molecule has 3 N–H and O–H groups in total. The Bertz CT molecular complexity index is 1390. The SMILES string of the molecule is CN.Cc1c(C(=O)C=O)c2c(OCC(=O)O)c3ccccc3cc2n1CCCc1ccccc1Br. The molecule has 0 radical (unpaired) electrons. The van der Waals surface area contributed by atoms with Gasteiger partial charge in [-0.2, -0.15) is 0 Å². The van der Waals surface area contributed by atoms with Crippen LogP contribution in [0.1, 0.15) is 28.0 Å². The summed E-state index contributed by atoms with van der Waals surface area (Å²) in [5, 5.41) is 11.2. The number of ketones is 1. The number of halogens is 1. The van der Waals surface area contributed by atoms with Crippen molar-refractivity contribution in [3.63, 3.8) is 0 Å². The highest BCUT2D eigenvalue weighted by atomic mass is 79.9. The van der Waals surface area contributed by atoms with Crippen LogP contribution in [0.25, 0.3) is 21.7 Å². The van der Waals surface area contributed by atoms with Gasteiger partial charge in [-0.05, 0) is 49.9 Å². The molecule has 0 spiro atoms. The lowest BCUT2D eigenvalue weighted by Gasteiger charge is -2.12. The van der Waals surface area contributed by atoms with E-state index in [2.05, 4.69) is 27.7 Å². The van der Waals surface area contributed by atoms with Gasteiger partial charge in [0.1, 0.15) is 5.75 Å². The maximum absolute atomic E-state index is 12.7. The fourth-order valence-corrected chi connectivity index (χ4v) is 4.80. The first-order valence-corrected chi connectivity index (χ1v) is 11.9. The minimum atomic E-state index is -1.12. The van der Waals surface area contributed by atoms with E-state index >= 15 is 0 Å². The van der Waals surface area contributed by atoms with E-state index in [0.29, 0.717) is 35.0 Å². The highest BCUT2D eigenvalue weighted by Gasteiger charge is 2.25. The number of Topliss-reactive ketones (excluding diaryl/α,β-unsaturated/α-hetero) is 1. The van der Waals surface area contributed by atoms with Gasteiger partial charge in [0.15, 0.2) is 12.9 Å². The molecule has 7 nitrogen and oxygen atoms in total. The molecular formula is C27H27BrN2O5. The van der Waals surface area contributed by atoms with Gasteiger partial charge >= 0.3 is 5.97 Å². The highest BCUT2D eigenvalue weighted by molar-refractivity contribution is 9.10. The Labute approximate surface area is 211 Å². The van der Waals surface area contributed by atoms with E-state index in [1.54, 1.807) is 6.92 Å². The number of rotatable bonds is 9. The standard InChI is InChI=1S/C26H22BrNO5.CH5N/c1-16-24(22(30)14-29)25-21(28(16)12-6-9-17-7-3-5-11-20(17)27)13-18-8-2-4-10-19(18)26(25)33-15-23(31)32;1-2/h2-5,7-8,10-11,13-14H,6,9,12,15H2,1H3,(H,31,32);2H2,1H3. The summed E-state index contributed by atoms with van der Waals surface area (Å²) in [6.07, 6.45) is 1.93. The lowest BCUT2D eigenvalue weighted by atomic mass is 10.0. The Hall–Kier alpha value is -3.49. The van der Waals surface area contributed by atoms with E-state index in [0.717, 1.165) is 28.2 Å². The van der Waals surface area contributed by atoms with Crippen molar-refractivity contribution in [3.05, 3.63) is 75.9 Å². The Morgan fingerprint density at radius 3 is 2.49 bits per heavy atom. The van der Waals surface area contributed by atoms with Crippen LogP contribution in [-0.4, -0.2) is 41.4 Å². The zero-order valence-corrected chi connectivity index (χ0v) is 21.2. The molecule has 0 unspecified atom stereocenters. The number of aliphatic carboxylic acids is 1. The third-order valence-corrected chi connectivity index (χ3v) is 6.54. The molecule has 0 aliphatic rings. The number of carboxylic acid groups (broad SMARTS) is 1. The molecular weight excluding hydrogens is 512 g/mol. The van der Waals surface area contributed by atoms with Gasteiger partial charge in [-0.15, -0.1) is 0 Å². The number of aromatic nitrogens is 1. The number of carbonyl (C=O) groups is 3. The summed E-state index contributed by atoms with van der Waals surface area (Å²) in [5.74, 6) is -1.47. The van der Waals surface area contributed by atoms with Crippen LogP contribution in [0.3, 0.4) is 0 Å². The summed E-state index contributed by atoms with van der Waals surface area (Å²) in [6.45, 7) is 1.87. The molecule has 0 saturated carbocycles. The van der Waals surface area contributed by atoms with Crippen LogP contribution in [0.15, 0.2) is 59.1 Å². The van der Waals surface area contributed by atoms with Gasteiger partial charge in [0.2, 0.25) is 5.78 Å². The Morgan fingerprint density at radius 1 is 1.11 bits per heavy atom. The number of aryl methyl sites for hydroxylation is 2. The van der Waals surface area contributed by atoms with Crippen LogP contribution >= 0.6 is 15.9 Å². The van der Waals surface area contributed by atoms with Gasteiger partial charge in [0, 0.05) is 22.1 Å². The fraction of sp³-hybridized carbons (Fsp3) is 0.222. The van der Waals surface area contributed by atoms with E-state index in [1.807, 2.05) is 53.1 Å². The van der Waals surface area contributed by atoms with E-state index < -0.39 is 18.4 Å². The van der Waals surface area contributed by atoms with Gasteiger partial charge in [-0.1, -0.05) is 58.4 Å². The van der Waals surface area contributed by atoms with Crippen molar-refractivity contribution in [2.24, 2.45) is 5.73 Å². The zero-order chi connectivity index (χ0) is 25.5. The Morgan fingerprint density at radius 2 is 1.80 bits per heavy atom. The molecule has 0 aliphatic heterocycles. The molecule has 1 aromatic heterocycles. The molecule has 0 aliphatic carbocycles. The lowest BCUT2D eigenvalue weighted by molar-refractivity contribution is -0.139. The number of aldehydes is 1. The first-order chi connectivity index (χ1) is 16.9. The minimum Gasteiger partial charge on any atom is -0.481 e. The molecule has 0 bridgehead atoms. The fourth-order valence-electron chi connectivity index (χ4n) is 4.31. The van der Waals surface area contributed by atoms with Crippen LogP contribution in [0, 0.1) is 6.92 Å². The van der Waals surface area contributed by atoms with Crippen LogP contribution in [0.2, 0.25) is 0 Å². The van der Waals surface area contributed by atoms with Crippen molar-refractivity contribution in [2.75, 3.05) is 13.7 Å². The average molecular weight is 539 g/mol. The first-order valence-electron chi connectivity index (χ1n) is 11.1. The number of carbonyl (C=O) groups excluding carboxylic acids is 2. The van der Waals surface area contributed by atoms with Crippen molar-refractivity contribution < 1.29 is 24.2 Å². The monoisotopic (exact) mass is 538 g/mol. The molecule has 0 amide bonds. The highest BCUT2D eigenvalue weighted by Crippen LogP contribution is 2.40. The summed E-state index contributed by atoms with van der Waals surface area (Å²) < 4.78 is 8.76. The van der Waals surface area contributed by atoms with Crippen LogP contribution in [-0.2, 0) is 22.6 Å². The average Bonchev–Trinajstić information content (AvgIpc) is 3.14. The predicted molar refractivity (Wildman–Crippen MR) is 140 cm³/mol. The maximum atomic E-state index is 12.7. The zero-order valence-electron chi connectivity index (χ0n) is 19.6. The summed E-state index contributed by atoms with van der Waals surface area (Å²) in [4.78, 5) is 35.4. The van der Waals surface area contributed by atoms with Crippen molar-refractivity contribution in [1.29, 1.82) is 0 Å². The van der Waals surface area contributed by atoms with Crippen molar-refractivity contribution in [3.8, 4) is 5.75 Å². The first kappa shape index (κ1) is 26.1. The second-order valence-electron chi connectivity index (χ2n) is 7.79. The van der Waals surface area contributed by atoms with E-state index in [9.17, 15) is 19.5 Å². The number of fused-ring (bicyclic) bond motifs is 2. The largest absolute Gasteiger partial charge is 0.481 e. The van der Waals surface area contributed by atoms with E-state index in [4.69, 9.17) is 4.74 Å². The summed E-state index contributed by atoms with van der Waals surface area (Å²) in [6, 6.07) is 17.4. The number of benzene rings is 3. The van der Waals surface area contributed by atoms with Gasteiger partial charge in [0.25, 0.3) is 0 Å². The van der Waals surface area contributed by atoms with Crippen molar-refractivity contribution in [2.45, 2.75) is 26.3 Å². The number of carboxylic acids is 1. The third-order valence-electron chi connectivity index (χ3n) is 5.77.